The number of carbonyl (C=O) groups excluding carboxylic acids is 2. The number of ether oxygens (including phenoxy) is 1. The number of thioether (sulfide) groups is 1. The molecule has 0 aliphatic heterocycles. The molecule has 156 valence electrons. The van der Waals surface area contributed by atoms with Gasteiger partial charge in [0.05, 0.1) is 4.91 Å². The maximum atomic E-state index is 12.2. The fourth-order valence-electron chi connectivity index (χ4n) is 2.91. The number of allylic oxidation sites excluding steroid dienone is 5. The van der Waals surface area contributed by atoms with Gasteiger partial charge in [0, 0.05) is 6.42 Å². The molecule has 2 rings (SSSR count). The summed E-state index contributed by atoms with van der Waals surface area (Å²) in [4.78, 5) is 23.5. The minimum absolute atomic E-state index is 0.192. The van der Waals surface area contributed by atoms with Crippen molar-refractivity contribution in [2.75, 3.05) is 0 Å². The van der Waals surface area contributed by atoms with Gasteiger partial charge in [0.2, 0.25) is 0 Å². The van der Waals surface area contributed by atoms with Crippen molar-refractivity contribution in [1.29, 1.82) is 0 Å². The van der Waals surface area contributed by atoms with Gasteiger partial charge in [-0.3, -0.25) is 9.59 Å². The number of carbonyl (C=O) groups is 2. The lowest BCUT2D eigenvalue weighted by Crippen LogP contribution is -2.01. The van der Waals surface area contributed by atoms with E-state index in [4.69, 9.17) is 4.74 Å². The molecular weight excluding hydrogens is 392 g/mol. The van der Waals surface area contributed by atoms with Crippen LogP contribution in [0.15, 0.2) is 71.4 Å². The van der Waals surface area contributed by atoms with E-state index in [1.165, 1.54) is 22.8 Å². The molecule has 4 heteroatoms. The number of hydrogen-bond acceptors (Lipinski definition) is 4. The number of hydrogen-bond donors (Lipinski definition) is 0. The van der Waals surface area contributed by atoms with E-state index in [9.17, 15) is 9.59 Å². The van der Waals surface area contributed by atoms with Gasteiger partial charge in [0.25, 0.3) is 0 Å². The van der Waals surface area contributed by atoms with Gasteiger partial charge in [-0.25, -0.2) is 0 Å². The molecule has 0 N–H and O–H groups in total. The maximum Gasteiger partial charge on any atom is 0.192 e. The second-order valence-electron chi connectivity index (χ2n) is 6.94. The average molecular weight is 421 g/mol. The van der Waals surface area contributed by atoms with Crippen LogP contribution in [0.4, 0.5) is 0 Å². The zero-order valence-corrected chi connectivity index (χ0v) is 18.8. The Hall–Kier alpha value is -2.85. The molecule has 0 fully saturated rings. The highest BCUT2D eigenvalue weighted by molar-refractivity contribution is 8.16. The Balaban J connectivity index is 2.24. The molecule has 2 aromatic carbocycles. The molecule has 2 aromatic rings. The zero-order chi connectivity index (χ0) is 21.9. The monoisotopic (exact) mass is 420 g/mol. The van der Waals surface area contributed by atoms with Crippen LogP contribution in [0, 0.1) is 13.8 Å². The molecule has 0 aliphatic carbocycles. The molecule has 30 heavy (non-hydrogen) atoms. The van der Waals surface area contributed by atoms with E-state index >= 15 is 0 Å². The largest absolute Gasteiger partial charge is 0.462 e. The van der Waals surface area contributed by atoms with E-state index in [0.717, 1.165) is 29.5 Å². The second kappa shape index (κ2) is 12.0. The highest BCUT2D eigenvalue weighted by Crippen LogP contribution is 2.24. The molecule has 0 saturated carbocycles. The summed E-state index contributed by atoms with van der Waals surface area (Å²) in [6, 6.07) is 14.0. The summed E-state index contributed by atoms with van der Waals surface area (Å²) in [5, 5.41) is 0. The minimum Gasteiger partial charge on any atom is -0.462 e. The number of aryl methyl sites for hydroxylation is 2. The number of ketones is 1. The summed E-state index contributed by atoms with van der Waals surface area (Å²) in [5.74, 6) is 1.39. The van der Waals surface area contributed by atoms with Crippen LogP contribution in [0.5, 0.6) is 5.75 Å². The summed E-state index contributed by atoms with van der Waals surface area (Å²) in [5.41, 5.74) is 5.21. The Kier molecular flexibility index (Phi) is 9.36. The SMILES string of the molecule is C/C=C\C(=O)/C(=C/c1cccc(O/C(=C\CC)Cc2ccc(C)c(C)c2)c1)SC=O. The van der Waals surface area contributed by atoms with Gasteiger partial charge in [0.1, 0.15) is 11.5 Å². The lowest BCUT2D eigenvalue weighted by molar-refractivity contribution is -0.110. The maximum absolute atomic E-state index is 12.2. The first kappa shape index (κ1) is 23.4. The standard InChI is InChI=1S/C26H28O3S/c1-5-8-23(16-22-13-12-19(3)20(4)14-22)29-24-11-7-10-21(15-24)17-26(30-18-27)25(28)9-6-2/h6-15,17-18H,5,16H2,1-4H3/b9-6-,23-8-,26-17-. The Bertz CT molecular complexity index is 984. The van der Waals surface area contributed by atoms with E-state index in [2.05, 4.69) is 45.0 Å². The van der Waals surface area contributed by atoms with Crippen molar-refractivity contribution in [3.05, 3.63) is 93.6 Å². The summed E-state index contributed by atoms with van der Waals surface area (Å²) < 4.78 is 6.18. The Morgan fingerprint density at radius 1 is 1.10 bits per heavy atom. The molecule has 3 nitrogen and oxygen atoms in total. The van der Waals surface area contributed by atoms with E-state index in [-0.39, 0.29) is 5.78 Å². The molecule has 0 radical (unpaired) electrons. The summed E-state index contributed by atoms with van der Waals surface area (Å²) in [6.07, 6.45) is 8.49. The fraction of sp³-hybridized carbons (Fsp3) is 0.231. The normalized spacial score (nSPS) is 12.3. The molecule has 0 heterocycles. The van der Waals surface area contributed by atoms with Gasteiger partial charge in [-0.05, 0) is 79.8 Å². The van der Waals surface area contributed by atoms with E-state index in [1.807, 2.05) is 24.3 Å². The highest BCUT2D eigenvalue weighted by atomic mass is 32.2. The fourth-order valence-corrected chi connectivity index (χ4v) is 3.40. The molecule has 0 atom stereocenters. The second-order valence-corrected chi connectivity index (χ2v) is 7.80. The molecule has 0 unspecified atom stereocenters. The van der Waals surface area contributed by atoms with Crippen molar-refractivity contribution in [3.63, 3.8) is 0 Å². The lowest BCUT2D eigenvalue weighted by Gasteiger charge is -2.12. The van der Waals surface area contributed by atoms with Crippen molar-refractivity contribution in [3.8, 4) is 5.75 Å². The Labute approximate surface area is 183 Å². The van der Waals surface area contributed by atoms with Crippen LogP contribution < -0.4 is 4.74 Å². The van der Waals surface area contributed by atoms with Crippen molar-refractivity contribution < 1.29 is 14.3 Å². The molecule has 0 saturated heterocycles. The molecule has 0 bridgehead atoms. The zero-order valence-electron chi connectivity index (χ0n) is 18.0. The first-order valence-electron chi connectivity index (χ1n) is 9.99. The van der Waals surface area contributed by atoms with Crippen LogP contribution in [0.2, 0.25) is 0 Å². The van der Waals surface area contributed by atoms with Gasteiger partial charge in [-0.2, -0.15) is 0 Å². The Morgan fingerprint density at radius 2 is 1.90 bits per heavy atom. The number of rotatable bonds is 10. The first-order valence-corrected chi connectivity index (χ1v) is 10.9. The van der Waals surface area contributed by atoms with Crippen LogP contribution in [0.1, 0.15) is 42.5 Å². The summed E-state index contributed by atoms with van der Waals surface area (Å²) >= 11 is 0.879. The third kappa shape index (κ3) is 7.20. The molecule has 0 aromatic heterocycles. The lowest BCUT2D eigenvalue weighted by atomic mass is 10.0. The van der Waals surface area contributed by atoms with Crippen molar-refractivity contribution in [1.82, 2.24) is 0 Å². The molecule has 0 aliphatic rings. The Morgan fingerprint density at radius 3 is 2.57 bits per heavy atom. The average Bonchev–Trinajstić information content (AvgIpc) is 2.71. The van der Waals surface area contributed by atoms with Crippen molar-refractivity contribution >= 4 is 29.2 Å². The van der Waals surface area contributed by atoms with Gasteiger partial charge in [-0.1, -0.05) is 55.1 Å². The van der Waals surface area contributed by atoms with E-state index in [1.54, 1.807) is 19.1 Å². The quantitative estimate of drug-likeness (QED) is 0.246. The van der Waals surface area contributed by atoms with Gasteiger partial charge in [-0.15, -0.1) is 0 Å². The van der Waals surface area contributed by atoms with E-state index in [0.29, 0.717) is 22.7 Å². The van der Waals surface area contributed by atoms with Gasteiger partial charge in [0.15, 0.2) is 11.4 Å². The van der Waals surface area contributed by atoms with Crippen LogP contribution in [0.25, 0.3) is 6.08 Å². The molecule has 0 amide bonds. The summed E-state index contributed by atoms with van der Waals surface area (Å²) in [7, 11) is 0. The predicted molar refractivity (Wildman–Crippen MR) is 127 cm³/mol. The predicted octanol–water partition coefficient (Wildman–Crippen LogP) is 6.63. The first-order chi connectivity index (χ1) is 14.5. The van der Waals surface area contributed by atoms with Crippen LogP contribution >= 0.6 is 11.8 Å². The third-order valence-electron chi connectivity index (χ3n) is 4.52. The van der Waals surface area contributed by atoms with Crippen LogP contribution in [-0.4, -0.2) is 11.4 Å². The van der Waals surface area contributed by atoms with Crippen molar-refractivity contribution in [2.24, 2.45) is 0 Å². The molecule has 0 spiro atoms. The van der Waals surface area contributed by atoms with Crippen LogP contribution in [0.3, 0.4) is 0 Å². The van der Waals surface area contributed by atoms with Gasteiger partial charge >= 0.3 is 0 Å². The molecular formula is C26H28O3S. The van der Waals surface area contributed by atoms with Crippen molar-refractivity contribution in [2.45, 2.75) is 40.5 Å². The topological polar surface area (TPSA) is 43.4 Å². The van der Waals surface area contributed by atoms with Crippen LogP contribution in [-0.2, 0) is 16.0 Å². The van der Waals surface area contributed by atoms with E-state index < -0.39 is 0 Å². The highest BCUT2D eigenvalue weighted by Gasteiger charge is 2.08. The third-order valence-corrected chi connectivity index (χ3v) is 5.19. The minimum atomic E-state index is -0.192. The smallest absolute Gasteiger partial charge is 0.192 e. The van der Waals surface area contributed by atoms with Gasteiger partial charge < -0.3 is 4.74 Å². The summed E-state index contributed by atoms with van der Waals surface area (Å²) in [6.45, 7) is 8.07. The number of benzene rings is 2.